The van der Waals surface area contributed by atoms with Gasteiger partial charge in [0.25, 0.3) is 0 Å². The van der Waals surface area contributed by atoms with Gasteiger partial charge < -0.3 is 29.7 Å². The van der Waals surface area contributed by atoms with E-state index in [0.29, 0.717) is 11.5 Å². The molecule has 0 unspecified atom stereocenters. The maximum absolute atomic E-state index is 12.6. The number of hydrogen-bond acceptors (Lipinski definition) is 5. The van der Waals surface area contributed by atoms with E-state index in [-0.39, 0.29) is 18.9 Å². The summed E-state index contributed by atoms with van der Waals surface area (Å²) in [7, 11) is 3.73. The lowest BCUT2D eigenvalue weighted by atomic mass is 9.95. The van der Waals surface area contributed by atoms with E-state index in [2.05, 4.69) is 22.6 Å². The van der Waals surface area contributed by atoms with Gasteiger partial charge in [-0.1, -0.05) is 19.3 Å². The van der Waals surface area contributed by atoms with E-state index in [4.69, 9.17) is 14.2 Å². The van der Waals surface area contributed by atoms with Crippen molar-refractivity contribution in [3.8, 4) is 17.2 Å². The van der Waals surface area contributed by atoms with Crippen molar-refractivity contribution in [2.45, 2.75) is 51.1 Å². The number of rotatable bonds is 3. The average molecular weight is 361 g/mol. The van der Waals surface area contributed by atoms with Crippen LogP contribution in [0.4, 0.5) is 10.5 Å². The number of carbonyl (C=O) groups is 1. The van der Waals surface area contributed by atoms with E-state index in [1.165, 1.54) is 19.3 Å². The topological polar surface area (TPSA) is 72.1 Å². The highest BCUT2D eigenvalue weighted by Crippen LogP contribution is 2.52. The first-order valence-electron chi connectivity index (χ1n) is 9.44. The van der Waals surface area contributed by atoms with Crippen LogP contribution in [-0.4, -0.2) is 44.5 Å². The van der Waals surface area contributed by atoms with Crippen molar-refractivity contribution >= 4 is 11.7 Å². The van der Waals surface area contributed by atoms with Crippen LogP contribution < -0.4 is 24.8 Å². The van der Waals surface area contributed by atoms with E-state index in [1.807, 2.05) is 0 Å². The number of amides is 2. The third kappa shape index (κ3) is 3.16. The van der Waals surface area contributed by atoms with Crippen molar-refractivity contribution in [2.75, 3.05) is 32.8 Å². The summed E-state index contributed by atoms with van der Waals surface area (Å²) in [6, 6.07) is 0.0927. The number of nitrogens with zero attached hydrogens (tertiary/aromatic N) is 1. The van der Waals surface area contributed by atoms with E-state index >= 15 is 0 Å². The lowest BCUT2D eigenvalue weighted by Gasteiger charge is -2.29. The molecule has 142 valence electrons. The zero-order valence-corrected chi connectivity index (χ0v) is 15.5. The maximum Gasteiger partial charge on any atom is 0.319 e. The van der Waals surface area contributed by atoms with E-state index in [0.717, 1.165) is 54.9 Å². The Morgan fingerprint density at radius 3 is 2.69 bits per heavy atom. The molecule has 4 rings (SSSR count). The first kappa shape index (κ1) is 17.3. The Labute approximate surface area is 154 Å². The van der Waals surface area contributed by atoms with E-state index < -0.39 is 0 Å². The van der Waals surface area contributed by atoms with Crippen molar-refractivity contribution in [3.63, 3.8) is 0 Å². The largest absolute Gasteiger partial charge is 0.492 e. The van der Waals surface area contributed by atoms with Gasteiger partial charge in [0, 0.05) is 24.7 Å². The standard InChI is InChI=1S/C19H27N3O4/c1-22-9-8-13-14(10-22)16(24-2)18-17(25-11-26-18)15(13)21-19(23)20-12-6-4-3-5-7-12/h12H,3-11H2,1-2H3,(H2,20,21,23). The minimum Gasteiger partial charge on any atom is -0.492 e. The number of methoxy groups -OCH3 is 1. The molecule has 2 N–H and O–H groups in total. The van der Waals surface area contributed by atoms with Gasteiger partial charge in [-0.15, -0.1) is 0 Å². The molecule has 0 aromatic heterocycles. The second-order valence-electron chi connectivity index (χ2n) is 7.35. The van der Waals surface area contributed by atoms with Crippen LogP contribution >= 0.6 is 0 Å². The Bertz CT molecular complexity index is 701. The molecule has 0 radical (unpaired) electrons. The average Bonchev–Trinajstić information content (AvgIpc) is 3.12. The molecule has 2 aliphatic heterocycles. The molecule has 1 saturated carbocycles. The van der Waals surface area contributed by atoms with Gasteiger partial charge in [-0.05, 0) is 31.9 Å². The molecule has 1 aliphatic carbocycles. The van der Waals surface area contributed by atoms with Crippen LogP contribution in [0, 0.1) is 0 Å². The zero-order chi connectivity index (χ0) is 18.1. The van der Waals surface area contributed by atoms with E-state index in [1.54, 1.807) is 7.11 Å². The molecule has 2 heterocycles. The van der Waals surface area contributed by atoms with Crippen molar-refractivity contribution in [3.05, 3.63) is 11.1 Å². The van der Waals surface area contributed by atoms with Gasteiger partial charge in [-0.25, -0.2) is 4.79 Å². The van der Waals surface area contributed by atoms with Crippen molar-refractivity contribution < 1.29 is 19.0 Å². The number of hydrogen-bond donors (Lipinski definition) is 2. The van der Waals surface area contributed by atoms with Crippen LogP contribution in [-0.2, 0) is 13.0 Å². The maximum atomic E-state index is 12.6. The number of nitrogens with one attached hydrogen (secondary N) is 2. The summed E-state index contributed by atoms with van der Waals surface area (Å²) >= 11 is 0. The van der Waals surface area contributed by atoms with Gasteiger partial charge in [-0.3, -0.25) is 0 Å². The van der Waals surface area contributed by atoms with Crippen LogP contribution in [0.5, 0.6) is 17.2 Å². The molecule has 26 heavy (non-hydrogen) atoms. The minimum atomic E-state index is -0.166. The number of benzene rings is 1. The molecule has 0 bridgehead atoms. The van der Waals surface area contributed by atoms with Crippen molar-refractivity contribution in [2.24, 2.45) is 0 Å². The number of fused-ring (bicyclic) bond motifs is 2. The highest BCUT2D eigenvalue weighted by atomic mass is 16.7. The summed E-state index contributed by atoms with van der Waals surface area (Å²) in [6.07, 6.45) is 6.56. The summed E-state index contributed by atoms with van der Waals surface area (Å²) in [5.41, 5.74) is 2.89. The SMILES string of the molecule is COc1c2c(c(NC(=O)NC3CCCCC3)c3c1OCO3)CCN(C)C2. The minimum absolute atomic E-state index is 0.142. The normalized spacial score (nSPS) is 19.8. The molecule has 0 saturated heterocycles. The Morgan fingerprint density at radius 2 is 1.92 bits per heavy atom. The molecule has 3 aliphatic rings. The molecule has 1 aromatic carbocycles. The smallest absolute Gasteiger partial charge is 0.319 e. The quantitative estimate of drug-likeness (QED) is 0.866. The Balaban J connectivity index is 1.64. The molecule has 1 aromatic rings. The Hall–Kier alpha value is -2.15. The predicted molar refractivity (Wildman–Crippen MR) is 98.2 cm³/mol. The second-order valence-corrected chi connectivity index (χ2v) is 7.35. The van der Waals surface area contributed by atoms with Crippen LogP contribution in [0.15, 0.2) is 0 Å². The predicted octanol–water partition coefficient (Wildman–Crippen LogP) is 2.87. The van der Waals surface area contributed by atoms with Gasteiger partial charge in [0.2, 0.25) is 12.5 Å². The number of carbonyl (C=O) groups excluding carboxylic acids is 1. The summed E-state index contributed by atoms with van der Waals surface area (Å²) < 4.78 is 17.0. The lowest BCUT2D eigenvalue weighted by Crippen LogP contribution is -2.39. The summed E-state index contributed by atoms with van der Waals surface area (Å²) in [4.78, 5) is 14.9. The highest BCUT2D eigenvalue weighted by Gasteiger charge is 2.33. The second kappa shape index (κ2) is 7.23. The molecule has 7 heteroatoms. The van der Waals surface area contributed by atoms with Crippen LogP contribution in [0.25, 0.3) is 0 Å². The van der Waals surface area contributed by atoms with Crippen molar-refractivity contribution in [1.82, 2.24) is 10.2 Å². The molecular formula is C19H27N3O4. The van der Waals surface area contributed by atoms with Gasteiger partial charge in [0.15, 0.2) is 11.5 Å². The molecule has 1 fully saturated rings. The highest BCUT2D eigenvalue weighted by molar-refractivity contribution is 5.94. The first-order valence-corrected chi connectivity index (χ1v) is 9.44. The summed E-state index contributed by atoms with van der Waals surface area (Å²) in [5, 5.41) is 6.17. The number of ether oxygens (including phenoxy) is 3. The van der Waals surface area contributed by atoms with Crippen molar-refractivity contribution in [1.29, 1.82) is 0 Å². The fraction of sp³-hybridized carbons (Fsp3) is 0.632. The number of anilines is 1. The summed E-state index contributed by atoms with van der Waals surface area (Å²) in [5.74, 6) is 1.90. The van der Waals surface area contributed by atoms with Gasteiger partial charge in [0.1, 0.15) is 0 Å². The van der Waals surface area contributed by atoms with Gasteiger partial charge >= 0.3 is 6.03 Å². The van der Waals surface area contributed by atoms with Gasteiger partial charge in [-0.2, -0.15) is 0 Å². The Morgan fingerprint density at radius 1 is 1.15 bits per heavy atom. The van der Waals surface area contributed by atoms with Crippen LogP contribution in [0.1, 0.15) is 43.2 Å². The van der Waals surface area contributed by atoms with E-state index in [9.17, 15) is 4.79 Å². The first-order chi connectivity index (χ1) is 12.7. The van der Waals surface area contributed by atoms with Crippen LogP contribution in [0.3, 0.4) is 0 Å². The Kier molecular flexibility index (Phi) is 4.80. The third-order valence-electron chi connectivity index (χ3n) is 5.54. The molecule has 0 spiro atoms. The fourth-order valence-corrected chi connectivity index (χ4v) is 4.22. The monoisotopic (exact) mass is 361 g/mol. The molecular weight excluding hydrogens is 334 g/mol. The lowest BCUT2D eigenvalue weighted by molar-refractivity contribution is 0.171. The summed E-state index contributed by atoms with van der Waals surface area (Å²) in [6.45, 7) is 1.83. The molecule has 7 nitrogen and oxygen atoms in total. The third-order valence-corrected chi connectivity index (χ3v) is 5.54. The van der Waals surface area contributed by atoms with Gasteiger partial charge in [0.05, 0.1) is 12.8 Å². The molecule has 0 atom stereocenters. The fourth-order valence-electron chi connectivity index (χ4n) is 4.22. The van der Waals surface area contributed by atoms with Crippen LogP contribution in [0.2, 0.25) is 0 Å². The molecule has 2 amide bonds. The number of likely N-dealkylation sites (N-methyl/N-ethyl adjacent to an activating group) is 1. The number of urea groups is 1. The zero-order valence-electron chi connectivity index (χ0n) is 15.5.